The van der Waals surface area contributed by atoms with Gasteiger partial charge in [-0.15, -0.1) is 0 Å². The Morgan fingerprint density at radius 2 is 1.53 bits per heavy atom. The summed E-state index contributed by atoms with van der Waals surface area (Å²) in [5.74, 6) is 4.33. The molecule has 1 amide bonds. The SMILES string of the molecule is CN(C)C(=O)CCCCCCCCCCC1CC2CC(=O)CC[C@]2(C)[C@@H]2CC[C@]3(C)C(O)CC[C@H]3[C@H]12. The van der Waals surface area contributed by atoms with Crippen molar-refractivity contribution < 1.29 is 14.7 Å². The zero-order chi connectivity index (χ0) is 25.9. The average Bonchev–Trinajstić information content (AvgIpc) is 3.15. The number of amides is 1. The molecule has 0 bridgehead atoms. The van der Waals surface area contributed by atoms with Crippen molar-refractivity contribution in [3.8, 4) is 0 Å². The maximum absolute atomic E-state index is 12.4. The highest BCUT2D eigenvalue weighted by molar-refractivity contribution is 5.79. The van der Waals surface area contributed by atoms with Crippen LogP contribution in [0.5, 0.6) is 0 Å². The monoisotopic (exact) mass is 501 g/mol. The van der Waals surface area contributed by atoms with Crippen molar-refractivity contribution in [2.45, 2.75) is 136 Å². The van der Waals surface area contributed by atoms with Crippen molar-refractivity contribution in [1.29, 1.82) is 0 Å². The number of aliphatic hydroxyl groups is 1. The van der Waals surface area contributed by atoms with Crippen molar-refractivity contribution in [3.05, 3.63) is 0 Å². The fraction of sp³-hybridized carbons (Fsp3) is 0.938. The van der Waals surface area contributed by atoms with Crippen molar-refractivity contribution in [1.82, 2.24) is 4.90 Å². The van der Waals surface area contributed by atoms with Gasteiger partial charge in [0.25, 0.3) is 0 Å². The fourth-order valence-corrected chi connectivity index (χ4v) is 9.46. The van der Waals surface area contributed by atoms with Crippen LogP contribution in [0.2, 0.25) is 0 Å². The Hall–Kier alpha value is -0.900. The second-order valence-electron chi connectivity index (χ2n) is 14.0. The second kappa shape index (κ2) is 11.9. The lowest BCUT2D eigenvalue weighted by molar-refractivity contribution is -0.156. The zero-order valence-corrected chi connectivity index (χ0v) is 23.9. The highest BCUT2D eigenvalue weighted by Gasteiger charge is 2.62. The van der Waals surface area contributed by atoms with E-state index in [9.17, 15) is 14.7 Å². The first-order valence-electron chi connectivity index (χ1n) is 15.6. The molecule has 0 aromatic heterocycles. The minimum Gasteiger partial charge on any atom is -0.393 e. The van der Waals surface area contributed by atoms with E-state index in [2.05, 4.69) is 13.8 Å². The Labute approximate surface area is 221 Å². The van der Waals surface area contributed by atoms with Gasteiger partial charge in [0, 0.05) is 33.4 Å². The Kier molecular flexibility index (Phi) is 9.27. The molecule has 4 aliphatic carbocycles. The van der Waals surface area contributed by atoms with Crippen LogP contribution in [0.15, 0.2) is 0 Å². The Bertz CT molecular complexity index is 764. The van der Waals surface area contributed by atoms with E-state index in [-0.39, 0.29) is 17.4 Å². The van der Waals surface area contributed by atoms with E-state index < -0.39 is 0 Å². The molecule has 4 fully saturated rings. The van der Waals surface area contributed by atoms with Gasteiger partial charge in [-0.05, 0) is 85.4 Å². The maximum atomic E-state index is 12.4. The number of fused-ring (bicyclic) bond motifs is 5. The van der Waals surface area contributed by atoms with Crippen LogP contribution < -0.4 is 0 Å². The number of hydrogen-bond acceptors (Lipinski definition) is 3. The standard InChI is InChI=1S/C32H55NO3/c1-31-19-17-25(34)22-24(31)21-23(30-26-15-16-28(35)32(26,2)20-18-27(30)31)13-11-9-7-5-6-8-10-12-14-29(36)33(3)4/h23-24,26-28,30,35H,5-22H2,1-4H3/t23?,24?,26-,27+,28?,30-,31-,32-/m0/s1. The number of nitrogens with zero attached hydrogens (tertiary/aromatic N) is 1. The van der Waals surface area contributed by atoms with Crippen molar-refractivity contribution in [2.24, 2.45) is 40.4 Å². The van der Waals surface area contributed by atoms with Gasteiger partial charge in [0.05, 0.1) is 6.10 Å². The summed E-state index contributed by atoms with van der Waals surface area (Å²) in [6, 6.07) is 0. The molecule has 4 nitrogen and oxygen atoms in total. The van der Waals surface area contributed by atoms with E-state index in [0.29, 0.717) is 29.5 Å². The van der Waals surface area contributed by atoms with Crippen LogP contribution in [0.3, 0.4) is 0 Å². The number of ketones is 1. The lowest BCUT2D eigenvalue weighted by Crippen LogP contribution is -2.57. The molecule has 4 heteroatoms. The summed E-state index contributed by atoms with van der Waals surface area (Å²) >= 11 is 0. The topological polar surface area (TPSA) is 57.6 Å². The molecular formula is C32H55NO3. The third-order valence-electron chi connectivity index (χ3n) is 11.8. The molecule has 4 saturated carbocycles. The first-order chi connectivity index (χ1) is 17.2. The van der Waals surface area contributed by atoms with Crippen LogP contribution in [0.4, 0.5) is 0 Å². The van der Waals surface area contributed by atoms with Gasteiger partial charge in [-0.1, -0.05) is 65.2 Å². The summed E-state index contributed by atoms with van der Waals surface area (Å²) in [6.45, 7) is 4.94. The van der Waals surface area contributed by atoms with Gasteiger partial charge in [0.2, 0.25) is 5.91 Å². The van der Waals surface area contributed by atoms with E-state index in [4.69, 9.17) is 0 Å². The summed E-state index contributed by atoms with van der Waals surface area (Å²) < 4.78 is 0. The largest absolute Gasteiger partial charge is 0.393 e. The van der Waals surface area contributed by atoms with E-state index >= 15 is 0 Å². The Morgan fingerprint density at radius 1 is 0.889 bits per heavy atom. The number of Topliss-reactive ketones (excluding diaryl/α,β-unsaturated/α-hetero) is 1. The summed E-state index contributed by atoms with van der Waals surface area (Å²) in [5.41, 5.74) is 0.478. The second-order valence-corrected chi connectivity index (χ2v) is 14.0. The zero-order valence-electron chi connectivity index (χ0n) is 23.9. The molecular weight excluding hydrogens is 446 g/mol. The number of aliphatic hydroxyl groups excluding tert-OH is 1. The first kappa shape index (κ1) is 28.1. The number of rotatable bonds is 11. The Morgan fingerprint density at radius 3 is 2.22 bits per heavy atom. The molecule has 0 aromatic carbocycles. The molecule has 3 unspecified atom stereocenters. The van der Waals surface area contributed by atoms with Gasteiger partial charge in [0.15, 0.2) is 0 Å². The predicted octanol–water partition coefficient (Wildman–Crippen LogP) is 7.17. The quantitative estimate of drug-likeness (QED) is 0.305. The van der Waals surface area contributed by atoms with Gasteiger partial charge in [-0.3, -0.25) is 9.59 Å². The van der Waals surface area contributed by atoms with Crippen molar-refractivity contribution in [2.75, 3.05) is 14.1 Å². The van der Waals surface area contributed by atoms with E-state index in [1.807, 2.05) is 14.1 Å². The molecule has 206 valence electrons. The van der Waals surface area contributed by atoms with Crippen LogP contribution in [-0.2, 0) is 9.59 Å². The molecule has 36 heavy (non-hydrogen) atoms. The third-order valence-corrected chi connectivity index (χ3v) is 11.8. The van der Waals surface area contributed by atoms with Crippen LogP contribution >= 0.6 is 0 Å². The van der Waals surface area contributed by atoms with Gasteiger partial charge < -0.3 is 10.0 Å². The molecule has 1 N–H and O–H groups in total. The number of unbranched alkanes of at least 4 members (excludes halogenated alkanes) is 7. The Balaban J connectivity index is 1.26. The summed E-state index contributed by atoms with van der Waals surface area (Å²) in [6.07, 6.45) is 20.7. The van der Waals surface area contributed by atoms with E-state index in [0.717, 1.165) is 49.9 Å². The van der Waals surface area contributed by atoms with E-state index in [1.54, 1.807) is 4.90 Å². The maximum Gasteiger partial charge on any atom is 0.222 e. The molecule has 8 atom stereocenters. The normalized spacial score (nSPS) is 39.9. The summed E-state index contributed by atoms with van der Waals surface area (Å²) in [5, 5.41) is 10.9. The number of carbonyl (C=O) groups excluding carboxylic acids is 2. The minimum atomic E-state index is -0.108. The molecule has 0 heterocycles. The molecule has 4 rings (SSSR count). The first-order valence-corrected chi connectivity index (χ1v) is 15.6. The molecule has 0 radical (unpaired) electrons. The van der Waals surface area contributed by atoms with Crippen molar-refractivity contribution in [3.63, 3.8) is 0 Å². The lowest BCUT2D eigenvalue weighted by atomic mass is 9.42. The van der Waals surface area contributed by atoms with Crippen LogP contribution in [0, 0.1) is 40.4 Å². The minimum absolute atomic E-state index is 0.108. The molecule has 0 saturated heterocycles. The third kappa shape index (κ3) is 5.74. The van der Waals surface area contributed by atoms with Gasteiger partial charge in [0.1, 0.15) is 5.78 Å². The van der Waals surface area contributed by atoms with Gasteiger partial charge >= 0.3 is 0 Å². The van der Waals surface area contributed by atoms with Crippen molar-refractivity contribution >= 4 is 11.7 Å². The number of hydrogen-bond donors (Lipinski definition) is 1. The lowest BCUT2D eigenvalue weighted by Gasteiger charge is -2.62. The molecule has 0 spiro atoms. The molecule has 0 aromatic rings. The smallest absolute Gasteiger partial charge is 0.222 e. The van der Waals surface area contributed by atoms with Crippen LogP contribution in [0.1, 0.15) is 129 Å². The summed E-state index contributed by atoms with van der Waals surface area (Å²) in [7, 11) is 3.68. The highest BCUT2D eigenvalue weighted by Crippen LogP contribution is 2.67. The van der Waals surface area contributed by atoms with Gasteiger partial charge in [-0.2, -0.15) is 0 Å². The number of carbonyl (C=O) groups is 2. The highest BCUT2D eigenvalue weighted by atomic mass is 16.3. The van der Waals surface area contributed by atoms with Crippen LogP contribution in [-0.4, -0.2) is 41.9 Å². The molecule has 0 aliphatic heterocycles. The predicted molar refractivity (Wildman–Crippen MR) is 146 cm³/mol. The van der Waals surface area contributed by atoms with Gasteiger partial charge in [-0.25, -0.2) is 0 Å². The van der Waals surface area contributed by atoms with E-state index in [1.165, 1.54) is 77.0 Å². The summed E-state index contributed by atoms with van der Waals surface area (Å²) in [4.78, 5) is 25.8. The average molecular weight is 502 g/mol. The van der Waals surface area contributed by atoms with Crippen LogP contribution in [0.25, 0.3) is 0 Å². The fourth-order valence-electron chi connectivity index (χ4n) is 9.46. The molecule has 4 aliphatic rings.